The zero-order valence-electron chi connectivity index (χ0n) is 12.7. The maximum atomic E-state index is 10.8. The van der Waals surface area contributed by atoms with Crippen LogP contribution in [0.25, 0.3) is 0 Å². The zero-order chi connectivity index (χ0) is 17.8. The van der Waals surface area contributed by atoms with Gasteiger partial charge < -0.3 is 9.47 Å². The molecule has 0 aliphatic rings. The number of hydrogen-bond donors (Lipinski definition) is 0. The molecule has 0 N–H and O–H groups in total. The minimum atomic E-state index is -0.572. The van der Waals surface area contributed by atoms with Crippen molar-refractivity contribution in [2.45, 2.75) is 0 Å². The molecule has 0 bridgehead atoms. The van der Waals surface area contributed by atoms with Crippen molar-refractivity contribution in [2.24, 2.45) is 0 Å². The van der Waals surface area contributed by atoms with E-state index >= 15 is 0 Å². The van der Waals surface area contributed by atoms with Crippen LogP contribution in [-0.2, 0) is 0 Å². The molecule has 0 fully saturated rings. The van der Waals surface area contributed by atoms with Gasteiger partial charge in [0, 0.05) is 12.1 Å². The third-order valence-electron chi connectivity index (χ3n) is 3.22. The summed E-state index contributed by atoms with van der Waals surface area (Å²) in [5.41, 5.74) is -0.200. The van der Waals surface area contributed by atoms with Gasteiger partial charge in [-0.05, 0) is 36.4 Å². The molecular formula is C18H11Cl2NO4. The van der Waals surface area contributed by atoms with Crippen molar-refractivity contribution in [2.75, 3.05) is 0 Å². The summed E-state index contributed by atoms with van der Waals surface area (Å²) < 4.78 is 11.3. The van der Waals surface area contributed by atoms with Crippen LogP contribution in [0.3, 0.4) is 0 Å². The SMILES string of the molecule is O=[N+]([O-])c1cc(Cl)c(Oc2ccc(Oc3ccccc3)cc2)c(Cl)c1. The fourth-order valence-corrected chi connectivity index (χ4v) is 2.62. The number of hydrogen-bond acceptors (Lipinski definition) is 4. The molecule has 25 heavy (non-hydrogen) atoms. The zero-order valence-corrected chi connectivity index (χ0v) is 14.2. The summed E-state index contributed by atoms with van der Waals surface area (Å²) >= 11 is 12.1. The van der Waals surface area contributed by atoms with Crippen LogP contribution in [0.1, 0.15) is 0 Å². The van der Waals surface area contributed by atoms with E-state index in [0.717, 1.165) is 5.75 Å². The molecule has 0 atom stereocenters. The van der Waals surface area contributed by atoms with E-state index in [-0.39, 0.29) is 21.5 Å². The highest BCUT2D eigenvalue weighted by Crippen LogP contribution is 2.39. The Morgan fingerprint density at radius 2 is 1.24 bits per heavy atom. The van der Waals surface area contributed by atoms with Crippen LogP contribution in [0.15, 0.2) is 66.7 Å². The number of para-hydroxylation sites is 1. The molecule has 3 aromatic carbocycles. The molecule has 5 nitrogen and oxygen atoms in total. The molecule has 3 rings (SSSR count). The lowest BCUT2D eigenvalue weighted by atomic mass is 10.3. The summed E-state index contributed by atoms with van der Waals surface area (Å²) in [6.45, 7) is 0. The van der Waals surface area contributed by atoms with E-state index in [1.54, 1.807) is 24.3 Å². The van der Waals surface area contributed by atoms with Gasteiger partial charge in [-0.3, -0.25) is 10.1 Å². The van der Waals surface area contributed by atoms with Crippen molar-refractivity contribution in [1.82, 2.24) is 0 Å². The second kappa shape index (κ2) is 7.42. The van der Waals surface area contributed by atoms with Crippen LogP contribution in [0, 0.1) is 10.1 Å². The highest BCUT2D eigenvalue weighted by atomic mass is 35.5. The van der Waals surface area contributed by atoms with Gasteiger partial charge in [0.2, 0.25) is 0 Å². The topological polar surface area (TPSA) is 61.6 Å². The molecular weight excluding hydrogens is 365 g/mol. The summed E-state index contributed by atoms with van der Waals surface area (Å²) in [7, 11) is 0. The lowest BCUT2D eigenvalue weighted by molar-refractivity contribution is -0.384. The monoisotopic (exact) mass is 375 g/mol. The second-order valence-corrected chi connectivity index (χ2v) is 5.80. The van der Waals surface area contributed by atoms with Gasteiger partial charge in [-0.25, -0.2) is 0 Å². The highest BCUT2D eigenvalue weighted by molar-refractivity contribution is 6.37. The number of non-ortho nitro benzene ring substituents is 1. The van der Waals surface area contributed by atoms with Crippen molar-refractivity contribution >= 4 is 28.9 Å². The van der Waals surface area contributed by atoms with Crippen LogP contribution in [0.4, 0.5) is 5.69 Å². The first-order valence-electron chi connectivity index (χ1n) is 7.17. The molecule has 3 aromatic rings. The number of nitro groups is 1. The molecule has 0 aliphatic carbocycles. The van der Waals surface area contributed by atoms with Gasteiger partial charge >= 0.3 is 0 Å². The fraction of sp³-hybridized carbons (Fsp3) is 0. The predicted octanol–water partition coefficient (Wildman–Crippen LogP) is 6.49. The highest BCUT2D eigenvalue weighted by Gasteiger charge is 2.16. The lowest BCUT2D eigenvalue weighted by Crippen LogP contribution is -1.92. The van der Waals surface area contributed by atoms with E-state index in [4.69, 9.17) is 32.7 Å². The van der Waals surface area contributed by atoms with Crippen molar-refractivity contribution in [1.29, 1.82) is 0 Å². The summed E-state index contributed by atoms with van der Waals surface area (Å²) in [4.78, 5) is 10.2. The summed E-state index contributed by atoms with van der Waals surface area (Å²) in [5, 5.41) is 10.9. The van der Waals surface area contributed by atoms with Gasteiger partial charge in [0.05, 0.1) is 15.0 Å². The molecule has 0 radical (unpaired) electrons. The lowest BCUT2D eigenvalue weighted by Gasteiger charge is -2.10. The third-order valence-corrected chi connectivity index (χ3v) is 3.78. The average molecular weight is 376 g/mol. The van der Waals surface area contributed by atoms with Gasteiger partial charge in [-0.15, -0.1) is 0 Å². The molecule has 0 unspecified atom stereocenters. The molecule has 0 heterocycles. The molecule has 126 valence electrons. The van der Waals surface area contributed by atoms with Gasteiger partial charge in [-0.1, -0.05) is 41.4 Å². The van der Waals surface area contributed by atoms with E-state index in [1.807, 2.05) is 30.3 Å². The molecule has 0 saturated heterocycles. The first kappa shape index (κ1) is 17.1. The Labute approximate surface area is 153 Å². The Bertz CT molecular complexity index is 876. The maximum Gasteiger partial charge on any atom is 0.272 e. The molecule has 0 saturated carbocycles. The number of ether oxygens (including phenoxy) is 2. The van der Waals surface area contributed by atoms with Gasteiger partial charge in [0.25, 0.3) is 5.69 Å². The summed E-state index contributed by atoms with van der Waals surface area (Å²) in [6, 6.07) is 18.6. The minimum Gasteiger partial charge on any atom is -0.457 e. The quantitative estimate of drug-likeness (QED) is 0.377. The van der Waals surface area contributed by atoms with Crippen LogP contribution < -0.4 is 9.47 Å². The Hall–Kier alpha value is -2.76. The number of nitro benzene ring substituents is 1. The second-order valence-electron chi connectivity index (χ2n) is 4.98. The first-order chi connectivity index (χ1) is 12.0. The van der Waals surface area contributed by atoms with Crippen LogP contribution >= 0.6 is 23.2 Å². The Morgan fingerprint density at radius 3 is 1.76 bits per heavy atom. The summed E-state index contributed by atoms with van der Waals surface area (Å²) in [5.74, 6) is 1.99. The molecule has 0 amide bonds. The van der Waals surface area contributed by atoms with E-state index in [2.05, 4.69) is 0 Å². The van der Waals surface area contributed by atoms with Crippen LogP contribution in [-0.4, -0.2) is 4.92 Å². The Balaban J connectivity index is 1.77. The Kier molecular flexibility index (Phi) is 5.07. The number of halogens is 2. The minimum absolute atomic E-state index is 0.0591. The third kappa shape index (κ3) is 4.21. The van der Waals surface area contributed by atoms with E-state index < -0.39 is 4.92 Å². The number of benzene rings is 3. The molecule has 0 aromatic heterocycles. The van der Waals surface area contributed by atoms with Crippen molar-refractivity contribution in [3.05, 3.63) is 86.9 Å². The van der Waals surface area contributed by atoms with Gasteiger partial charge in [-0.2, -0.15) is 0 Å². The summed E-state index contributed by atoms with van der Waals surface area (Å²) in [6.07, 6.45) is 0. The van der Waals surface area contributed by atoms with Crippen molar-refractivity contribution < 1.29 is 14.4 Å². The van der Waals surface area contributed by atoms with Gasteiger partial charge in [0.1, 0.15) is 17.2 Å². The smallest absolute Gasteiger partial charge is 0.272 e. The first-order valence-corrected chi connectivity index (χ1v) is 7.93. The van der Waals surface area contributed by atoms with Crippen molar-refractivity contribution in [3.8, 4) is 23.0 Å². The maximum absolute atomic E-state index is 10.8. The van der Waals surface area contributed by atoms with Gasteiger partial charge in [0.15, 0.2) is 5.75 Å². The molecule has 7 heteroatoms. The van der Waals surface area contributed by atoms with E-state index in [9.17, 15) is 10.1 Å². The van der Waals surface area contributed by atoms with E-state index in [1.165, 1.54) is 12.1 Å². The standard InChI is InChI=1S/C18H11Cl2NO4/c19-16-10-12(21(22)23)11-17(20)18(16)25-15-8-6-14(7-9-15)24-13-4-2-1-3-5-13/h1-11H. The number of rotatable bonds is 5. The molecule has 0 spiro atoms. The van der Waals surface area contributed by atoms with Crippen LogP contribution in [0.2, 0.25) is 10.0 Å². The average Bonchev–Trinajstić information content (AvgIpc) is 2.60. The Morgan fingerprint density at radius 1 is 0.760 bits per heavy atom. The van der Waals surface area contributed by atoms with Crippen molar-refractivity contribution in [3.63, 3.8) is 0 Å². The largest absolute Gasteiger partial charge is 0.457 e. The number of nitrogens with zero attached hydrogens (tertiary/aromatic N) is 1. The van der Waals surface area contributed by atoms with E-state index in [0.29, 0.717) is 11.5 Å². The predicted molar refractivity (Wildman–Crippen MR) is 96.1 cm³/mol. The van der Waals surface area contributed by atoms with Crippen LogP contribution in [0.5, 0.6) is 23.0 Å². The molecule has 0 aliphatic heterocycles. The fourth-order valence-electron chi connectivity index (χ4n) is 2.07. The normalized spacial score (nSPS) is 10.3.